The number of rotatable bonds is 8. The van der Waals surface area contributed by atoms with Gasteiger partial charge in [-0.2, -0.15) is 5.10 Å². The maximum absolute atomic E-state index is 12.6. The number of amides is 2. The molecule has 2 aromatic carbocycles. The van der Waals surface area contributed by atoms with Crippen LogP contribution in [0.1, 0.15) is 29.8 Å². The van der Waals surface area contributed by atoms with Gasteiger partial charge in [-0.25, -0.2) is 5.43 Å². The summed E-state index contributed by atoms with van der Waals surface area (Å²) in [5.74, 6) is 0.170. The lowest BCUT2D eigenvalue weighted by Gasteiger charge is -2.20. The number of hydrogen-bond acceptors (Lipinski definition) is 5. The summed E-state index contributed by atoms with van der Waals surface area (Å²) in [6, 6.07) is 9.47. The van der Waals surface area contributed by atoms with Crippen molar-refractivity contribution in [2.24, 2.45) is 11.0 Å². The molecule has 0 spiro atoms. The zero-order valence-corrected chi connectivity index (χ0v) is 19.9. The molecule has 2 N–H and O–H groups in total. The molecule has 2 aromatic rings. The molecule has 7 nitrogen and oxygen atoms in total. The van der Waals surface area contributed by atoms with E-state index in [9.17, 15) is 9.59 Å². The highest BCUT2D eigenvalue weighted by molar-refractivity contribution is 14.1. The second kappa shape index (κ2) is 11.2. The monoisotopic (exact) mass is 543 g/mol. The van der Waals surface area contributed by atoms with Crippen molar-refractivity contribution in [1.82, 2.24) is 10.7 Å². The third-order valence-electron chi connectivity index (χ3n) is 4.20. The van der Waals surface area contributed by atoms with Gasteiger partial charge in [0.05, 0.1) is 34.6 Å². The molecule has 0 aliphatic rings. The Morgan fingerprint density at radius 3 is 2.47 bits per heavy atom. The van der Waals surface area contributed by atoms with Gasteiger partial charge in [-0.05, 0) is 58.3 Å². The van der Waals surface area contributed by atoms with E-state index in [0.29, 0.717) is 22.1 Å². The third-order valence-corrected chi connectivity index (χ3v) is 5.33. The van der Waals surface area contributed by atoms with Crippen LogP contribution in [0.3, 0.4) is 0 Å². The molecule has 160 valence electrons. The summed E-state index contributed by atoms with van der Waals surface area (Å²) in [6.07, 6.45) is 1.50. The van der Waals surface area contributed by atoms with Crippen LogP contribution in [-0.4, -0.2) is 38.3 Å². The number of hydrogen-bond donors (Lipinski definition) is 2. The first-order valence-electron chi connectivity index (χ1n) is 9.08. The Morgan fingerprint density at radius 1 is 1.17 bits per heavy atom. The van der Waals surface area contributed by atoms with E-state index in [-0.39, 0.29) is 5.92 Å². The van der Waals surface area contributed by atoms with Gasteiger partial charge in [-0.3, -0.25) is 9.59 Å². The topological polar surface area (TPSA) is 89.0 Å². The molecule has 0 fully saturated rings. The number of benzene rings is 2. The van der Waals surface area contributed by atoms with E-state index in [2.05, 4.69) is 38.4 Å². The molecule has 0 aromatic heterocycles. The standard InChI is InChI=1S/C21H23ClIN3O4/c1-12(2)18(25-20(27)14-7-5-6-8-15(14)22)21(28)26-24-11-13-9-16(23)19(30-4)17(10-13)29-3/h5-12,18H,1-4H3,(H,25,27)(H,26,28)/b24-11+. The van der Waals surface area contributed by atoms with E-state index >= 15 is 0 Å². The van der Waals surface area contributed by atoms with Crippen molar-refractivity contribution < 1.29 is 19.1 Å². The van der Waals surface area contributed by atoms with Crippen LogP contribution < -0.4 is 20.2 Å². The summed E-state index contributed by atoms with van der Waals surface area (Å²) in [4.78, 5) is 25.1. The molecule has 30 heavy (non-hydrogen) atoms. The summed E-state index contributed by atoms with van der Waals surface area (Å²) in [7, 11) is 3.11. The molecule has 0 saturated heterocycles. The molecule has 2 amide bonds. The second-order valence-electron chi connectivity index (χ2n) is 6.65. The van der Waals surface area contributed by atoms with Gasteiger partial charge in [0.25, 0.3) is 11.8 Å². The van der Waals surface area contributed by atoms with Crippen molar-refractivity contribution in [2.45, 2.75) is 19.9 Å². The molecular weight excluding hydrogens is 521 g/mol. The van der Waals surface area contributed by atoms with Crippen LogP contribution in [-0.2, 0) is 4.79 Å². The van der Waals surface area contributed by atoms with E-state index < -0.39 is 17.9 Å². The molecule has 0 heterocycles. The molecule has 0 radical (unpaired) electrons. The number of nitrogens with one attached hydrogen (secondary N) is 2. The molecule has 0 aliphatic carbocycles. The van der Waals surface area contributed by atoms with E-state index in [1.165, 1.54) is 6.21 Å². The Hall–Kier alpha value is -2.33. The van der Waals surface area contributed by atoms with Crippen LogP contribution in [0.2, 0.25) is 5.02 Å². The number of carbonyl (C=O) groups is 2. The number of methoxy groups -OCH3 is 2. The Balaban J connectivity index is 2.10. The average Bonchev–Trinajstić information content (AvgIpc) is 2.71. The van der Waals surface area contributed by atoms with Crippen molar-refractivity contribution in [3.8, 4) is 11.5 Å². The predicted octanol–water partition coefficient (Wildman–Crippen LogP) is 3.87. The van der Waals surface area contributed by atoms with Gasteiger partial charge in [-0.1, -0.05) is 37.6 Å². The first-order valence-corrected chi connectivity index (χ1v) is 10.5. The lowest BCUT2D eigenvalue weighted by atomic mass is 10.0. The van der Waals surface area contributed by atoms with E-state index in [0.717, 1.165) is 9.13 Å². The highest BCUT2D eigenvalue weighted by atomic mass is 127. The highest BCUT2D eigenvalue weighted by Gasteiger charge is 2.25. The second-order valence-corrected chi connectivity index (χ2v) is 8.22. The Bertz CT molecular complexity index is 950. The van der Waals surface area contributed by atoms with Gasteiger partial charge < -0.3 is 14.8 Å². The highest BCUT2D eigenvalue weighted by Crippen LogP contribution is 2.33. The first-order chi connectivity index (χ1) is 14.3. The molecule has 0 bridgehead atoms. The van der Waals surface area contributed by atoms with E-state index in [4.69, 9.17) is 21.1 Å². The van der Waals surface area contributed by atoms with Crippen molar-refractivity contribution in [1.29, 1.82) is 0 Å². The lowest BCUT2D eigenvalue weighted by Crippen LogP contribution is -2.48. The molecular formula is C21H23ClIN3O4. The fourth-order valence-electron chi connectivity index (χ4n) is 2.65. The molecule has 0 saturated carbocycles. The number of ether oxygens (including phenoxy) is 2. The summed E-state index contributed by atoms with van der Waals surface area (Å²) in [6.45, 7) is 3.66. The summed E-state index contributed by atoms with van der Waals surface area (Å²) in [5, 5.41) is 7.05. The third kappa shape index (κ3) is 6.09. The van der Waals surface area contributed by atoms with Gasteiger partial charge in [-0.15, -0.1) is 0 Å². The number of hydrazone groups is 1. The lowest BCUT2D eigenvalue weighted by molar-refractivity contribution is -0.123. The van der Waals surface area contributed by atoms with Crippen molar-refractivity contribution in [3.05, 3.63) is 56.1 Å². The fraction of sp³-hybridized carbons (Fsp3) is 0.286. The number of carbonyl (C=O) groups excluding carboxylic acids is 2. The van der Waals surface area contributed by atoms with Crippen LogP contribution >= 0.6 is 34.2 Å². The minimum Gasteiger partial charge on any atom is -0.493 e. The van der Waals surface area contributed by atoms with Crippen LogP contribution in [0.25, 0.3) is 0 Å². The van der Waals surface area contributed by atoms with E-state index in [1.54, 1.807) is 44.6 Å². The SMILES string of the molecule is COc1cc(/C=N/NC(=O)C(NC(=O)c2ccccc2Cl)C(C)C)cc(I)c1OC. The van der Waals surface area contributed by atoms with Crippen LogP contribution in [0.5, 0.6) is 11.5 Å². The predicted molar refractivity (Wildman–Crippen MR) is 126 cm³/mol. The van der Waals surface area contributed by atoms with Crippen LogP contribution in [0.4, 0.5) is 0 Å². The molecule has 1 unspecified atom stereocenters. The van der Waals surface area contributed by atoms with Gasteiger partial charge in [0.15, 0.2) is 11.5 Å². The zero-order chi connectivity index (χ0) is 22.3. The van der Waals surface area contributed by atoms with Crippen molar-refractivity contribution >= 4 is 52.2 Å². The van der Waals surface area contributed by atoms with E-state index in [1.807, 2.05) is 19.9 Å². The minimum absolute atomic E-state index is 0.159. The number of halogens is 2. The van der Waals surface area contributed by atoms with Crippen LogP contribution in [0.15, 0.2) is 41.5 Å². The normalized spacial score (nSPS) is 12.0. The summed E-state index contributed by atoms with van der Waals surface area (Å²) >= 11 is 8.20. The first kappa shape index (κ1) is 23.9. The minimum atomic E-state index is -0.781. The van der Waals surface area contributed by atoms with Gasteiger partial charge in [0.1, 0.15) is 6.04 Å². The molecule has 2 rings (SSSR count). The number of nitrogens with zero attached hydrogens (tertiary/aromatic N) is 1. The maximum Gasteiger partial charge on any atom is 0.262 e. The van der Waals surface area contributed by atoms with Gasteiger partial charge in [0, 0.05) is 0 Å². The quantitative estimate of drug-likeness (QED) is 0.301. The Kier molecular flexibility index (Phi) is 8.91. The summed E-state index contributed by atoms with van der Waals surface area (Å²) in [5.41, 5.74) is 3.51. The smallest absolute Gasteiger partial charge is 0.262 e. The summed E-state index contributed by atoms with van der Waals surface area (Å²) < 4.78 is 11.5. The van der Waals surface area contributed by atoms with Crippen LogP contribution in [0, 0.1) is 9.49 Å². The Morgan fingerprint density at radius 2 is 1.87 bits per heavy atom. The molecule has 1 atom stereocenters. The zero-order valence-electron chi connectivity index (χ0n) is 17.0. The van der Waals surface area contributed by atoms with Gasteiger partial charge in [0.2, 0.25) is 0 Å². The maximum atomic E-state index is 12.6. The van der Waals surface area contributed by atoms with Gasteiger partial charge >= 0.3 is 0 Å². The molecule has 9 heteroatoms. The average molecular weight is 544 g/mol. The largest absolute Gasteiger partial charge is 0.493 e. The molecule has 0 aliphatic heterocycles. The van der Waals surface area contributed by atoms with Crippen molar-refractivity contribution in [3.63, 3.8) is 0 Å². The van der Waals surface area contributed by atoms with Crippen molar-refractivity contribution in [2.75, 3.05) is 14.2 Å². The fourth-order valence-corrected chi connectivity index (χ4v) is 3.72. The Labute approximate surface area is 194 Å².